The van der Waals surface area contributed by atoms with Gasteiger partial charge >= 0.3 is 0 Å². The van der Waals surface area contributed by atoms with E-state index in [0.717, 1.165) is 25.6 Å². The third-order valence-corrected chi connectivity index (χ3v) is 4.67. The Balaban J connectivity index is 1.95. The number of aliphatic hydroxyl groups is 1. The van der Waals surface area contributed by atoms with E-state index in [-0.39, 0.29) is 0 Å². The van der Waals surface area contributed by atoms with Gasteiger partial charge in [0.1, 0.15) is 0 Å². The van der Waals surface area contributed by atoms with E-state index in [1.807, 2.05) is 0 Å². The van der Waals surface area contributed by atoms with Crippen molar-refractivity contribution in [2.24, 2.45) is 0 Å². The quantitative estimate of drug-likeness (QED) is 0.813. The summed E-state index contributed by atoms with van der Waals surface area (Å²) in [5, 5.41) is 9.15. The van der Waals surface area contributed by atoms with Gasteiger partial charge in [0.2, 0.25) is 0 Å². The third-order valence-electron chi connectivity index (χ3n) is 4.67. The molecule has 1 heterocycles. The standard InChI is InChI=1S/C14H28N2O/c1-12-10-15(2)14(8-9-17)11-16(12)13-6-4-3-5-7-13/h12-14,17H,3-11H2,1-2H3. The van der Waals surface area contributed by atoms with Crippen molar-refractivity contribution in [1.82, 2.24) is 9.80 Å². The lowest BCUT2D eigenvalue weighted by molar-refractivity contribution is 0.00335. The van der Waals surface area contributed by atoms with Gasteiger partial charge in [-0.3, -0.25) is 4.90 Å². The maximum absolute atomic E-state index is 9.15. The van der Waals surface area contributed by atoms with Gasteiger partial charge in [0.25, 0.3) is 0 Å². The van der Waals surface area contributed by atoms with Gasteiger partial charge in [0.15, 0.2) is 0 Å². The van der Waals surface area contributed by atoms with Gasteiger partial charge in [0, 0.05) is 37.8 Å². The first kappa shape index (κ1) is 13.3. The van der Waals surface area contributed by atoms with Crippen molar-refractivity contribution in [2.45, 2.75) is 63.6 Å². The Morgan fingerprint density at radius 2 is 1.82 bits per heavy atom. The zero-order chi connectivity index (χ0) is 12.3. The largest absolute Gasteiger partial charge is 0.396 e. The Hall–Kier alpha value is -0.120. The average molecular weight is 240 g/mol. The van der Waals surface area contributed by atoms with E-state index in [1.165, 1.54) is 32.1 Å². The minimum absolute atomic E-state index is 0.321. The highest BCUT2D eigenvalue weighted by Crippen LogP contribution is 2.27. The lowest BCUT2D eigenvalue weighted by Gasteiger charge is -2.48. The molecule has 0 aromatic carbocycles. The second kappa shape index (κ2) is 6.17. The third kappa shape index (κ3) is 3.21. The first-order chi connectivity index (χ1) is 8.22. The number of rotatable bonds is 3. The van der Waals surface area contributed by atoms with Crippen LogP contribution in [0.15, 0.2) is 0 Å². The van der Waals surface area contributed by atoms with E-state index in [9.17, 15) is 0 Å². The van der Waals surface area contributed by atoms with Crippen LogP contribution in [0.4, 0.5) is 0 Å². The summed E-state index contributed by atoms with van der Waals surface area (Å²) in [6.07, 6.45) is 7.95. The van der Waals surface area contributed by atoms with Gasteiger partial charge in [-0.2, -0.15) is 0 Å². The Kier molecular flexibility index (Phi) is 4.83. The van der Waals surface area contributed by atoms with Crippen LogP contribution in [0.5, 0.6) is 0 Å². The molecular weight excluding hydrogens is 212 g/mol. The minimum atomic E-state index is 0.321. The molecule has 2 aliphatic rings. The van der Waals surface area contributed by atoms with E-state index >= 15 is 0 Å². The van der Waals surface area contributed by atoms with Gasteiger partial charge in [-0.15, -0.1) is 0 Å². The predicted octanol–water partition coefficient (Wildman–Crippen LogP) is 1.71. The van der Waals surface area contributed by atoms with Crippen LogP contribution < -0.4 is 0 Å². The molecule has 1 saturated carbocycles. The SMILES string of the molecule is CC1CN(C)C(CCO)CN1C1CCCCC1. The second-order valence-electron chi connectivity index (χ2n) is 5.94. The van der Waals surface area contributed by atoms with E-state index in [2.05, 4.69) is 23.8 Å². The predicted molar refractivity (Wildman–Crippen MR) is 71.2 cm³/mol. The summed E-state index contributed by atoms with van der Waals surface area (Å²) in [5.41, 5.74) is 0. The van der Waals surface area contributed by atoms with Crippen molar-refractivity contribution in [2.75, 3.05) is 26.7 Å². The Morgan fingerprint density at radius 1 is 1.12 bits per heavy atom. The van der Waals surface area contributed by atoms with Crippen molar-refractivity contribution in [3.63, 3.8) is 0 Å². The number of aliphatic hydroxyl groups excluding tert-OH is 1. The lowest BCUT2D eigenvalue weighted by atomic mass is 9.91. The molecule has 17 heavy (non-hydrogen) atoms. The van der Waals surface area contributed by atoms with Crippen LogP contribution in [0.1, 0.15) is 45.4 Å². The average Bonchev–Trinajstić information content (AvgIpc) is 2.34. The van der Waals surface area contributed by atoms with Gasteiger partial charge in [-0.1, -0.05) is 19.3 Å². The summed E-state index contributed by atoms with van der Waals surface area (Å²) in [5.74, 6) is 0. The van der Waals surface area contributed by atoms with E-state index in [1.54, 1.807) is 0 Å². The Bertz CT molecular complexity index is 228. The van der Waals surface area contributed by atoms with Crippen LogP contribution in [0.25, 0.3) is 0 Å². The van der Waals surface area contributed by atoms with Crippen LogP contribution >= 0.6 is 0 Å². The van der Waals surface area contributed by atoms with Crippen molar-refractivity contribution in [3.8, 4) is 0 Å². The second-order valence-corrected chi connectivity index (χ2v) is 5.94. The molecule has 0 aromatic heterocycles. The maximum Gasteiger partial charge on any atom is 0.0446 e. The molecule has 2 unspecified atom stereocenters. The van der Waals surface area contributed by atoms with Crippen LogP contribution in [-0.2, 0) is 0 Å². The maximum atomic E-state index is 9.15. The lowest BCUT2D eigenvalue weighted by Crippen LogP contribution is -2.59. The monoisotopic (exact) mass is 240 g/mol. The topological polar surface area (TPSA) is 26.7 Å². The van der Waals surface area contributed by atoms with Crippen LogP contribution in [0, 0.1) is 0 Å². The molecule has 0 bridgehead atoms. The molecule has 100 valence electrons. The Labute approximate surface area is 106 Å². The minimum Gasteiger partial charge on any atom is -0.396 e. The molecule has 3 heteroatoms. The number of piperazine rings is 1. The molecular formula is C14H28N2O. The first-order valence-corrected chi connectivity index (χ1v) is 7.29. The van der Waals surface area contributed by atoms with E-state index < -0.39 is 0 Å². The fourth-order valence-corrected chi connectivity index (χ4v) is 3.62. The zero-order valence-electron chi connectivity index (χ0n) is 11.4. The highest BCUT2D eigenvalue weighted by molar-refractivity contribution is 4.89. The molecule has 0 amide bonds. The van der Waals surface area contributed by atoms with Crippen LogP contribution in [0.2, 0.25) is 0 Å². The molecule has 3 nitrogen and oxygen atoms in total. The van der Waals surface area contributed by atoms with Crippen molar-refractivity contribution in [3.05, 3.63) is 0 Å². The van der Waals surface area contributed by atoms with Crippen LogP contribution in [0.3, 0.4) is 0 Å². The highest BCUT2D eigenvalue weighted by Gasteiger charge is 2.33. The van der Waals surface area contributed by atoms with Gasteiger partial charge < -0.3 is 10.0 Å². The molecule has 1 saturated heterocycles. The summed E-state index contributed by atoms with van der Waals surface area (Å²) in [7, 11) is 2.20. The first-order valence-electron chi connectivity index (χ1n) is 7.29. The summed E-state index contributed by atoms with van der Waals surface area (Å²) in [6, 6.07) is 2.05. The van der Waals surface area contributed by atoms with Gasteiger partial charge in [-0.05, 0) is 33.2 Å². The van der Waals surface area contributed by atoms with E-state index in [4.69, 9.17) is 5.11 Å². The van der Waals surface area contributed by atoms with Crippen molar-refractivity contribution in [1.29, 1.82) is 0 Å². The fraction of sp³-hybridized carbons (Fsp3) is 1.00. The number of hydrogen-bond acceptors (Lipinski definition) is 3. The molecule has 2 atom stereocenters. The van der Waals surface area contributed by atoms with Gasteiger partial charge in [-0.25, -0.2) is 0 Å². The van der Waals surface area contributed by atoms with Gasteiger partial charge in [0.05, 0.1) is 0 Å². The molecule has 0 radical (unpaired) electrons. The summed E-state index contributed by atoms with van der Waals surface area (Å²) in [6.45, 7) is 4.99. The normalized spacial score (nSPS) is 34.1. The smallest absolute Gasteiger partial charge is 0.0446 e. The number of nitrogens with zero attached hydrogens (tertiary/aromatic N) is 2. The fourth-order valence-electron chi connectivity index (χ4n) is 3.62. The highest BCUT2D eigenvalue weighted by atomic mass is 16.3. The van der Waals surface area contributed by atoms with Crippen molar-refractivity contribution < 1.29 is 5.11 Å². The molecule has 1 N–H and O–H groups in total. The molecule has 2 rings (SSSR count). The molecule has 0 aromatic rings. The molecule has 1 aliphatic carbocycles. The summed E-state index contributed by atoms with van der Waals surface area (Å²) >= 11 is 0. The van der Waals surface area contributed by atoms with Crippen LogP contribution in [-0.4, -0.2) is 59.8 Å². The zero-order valence-corrected chi connectivity index (χ0v) is 11.4. The molecule has 2 fully saturated rings. The molecule has 0 spiro atoms. The van der Waals surface area contributed by atoms with E-state index in [0.29, 0.717) is 18.7 Å². The van der Waals surface area contributed by atoms with Crippen molar-refractivity contribution >= 4 is 0 Å². The summed E-state index contributed by atoms with van der Waals surface area (Å²) < 4.78 is 0. The molecule has 1 aliphatic heterocycles. The summed E-state index contributed by atoms with van der Waals surface area (Å²) in [4.78, 5) is 5.15. The number of likely N-dealkylation sites (N-methyl/N-ethyl adjacent to an activating group) is 1. The number of hydrogen-bond donors (Lipinski definition) is 1. The Morgan fingerprint density at radius 3 is 2.47 bits per heavy atom.